The van der Waals surface area contributed by atoms with E-state index in [1.54, 1.807) is 7.05 Å². The standard InChI is InChI=1S/C3H5N.CH5N.I3/c1-3-4-2;1-2;1-3-2/h1H2,2H3;2H2,1H3;/q;;-1. The fraction of sp³-hybridized carbons (Fsp3) is 0.500. The van der Waals surface area contributed by atoms with Crippen LogP contribution in [0.4, 0.5) is 0 Å². The molecule has 0 atom stereocenters. The predicted octanol–water partition coefficient (Wildman–Crippen LogP) is -1.18. The molecular formula is C4H10I3N2-. The topological polar surface area (TPSA) is 38.4 Å². The van der Waals surface area contributed by atoms with E-state index in [1.165, 1.54) is 7.05 Å². The maximum atomic E-state index is 4.50. The molecule has 0 aliphatic heterocycles. The van der Waals surface area contributed by atoms with Gasteiger partial charge in [0.1, 0.15) is 0 Å². The van der Waals surface area contributed by atoms with Crippen molar-refractivity contribution in [2.24, 2.45) is 10.7 Å². The number of hydrogen-bond donors (Lipinski definition) is 1. The average molecular weight is 467 g/mol. The summed E-state index contributed by atoms with van der Waals surface area (Å²) >= 11 is 5.30. The van der Waals surface area contributed by atoms with Crippen molar-refractivity contribution >= 4 is 43.1 Å². The molecule has 0 aliphatic rings. The van der Waals surface area contributed by atoms with Crippen LogP contribution in [-0.2, 0) is 0 Å². The molecule has 5 heteroatoms. The van der Waals surface area contributed by atoms with Gasteiger partial charge in [-0.05, 0) is 19.5 Å². The molecule has 0 saturated heterocycles. The van der Waals surface area contributed by atoms with Crippen molar-refractivity contribution in [2.45, 2.75) is 0 Å². The van der Waals surface area contributed by atoms with Crippen LogP contribution in [0.25, 0.3) is 0 Å². The molecule has 0 amide bonds. The summed E-state index contributed by atoms with van der Waals surface area (Å²) in [6, 6.07) is 0. The summed E-state index contributed by atoms with van der Waals surface area (Å²) in [5.74, 6) is 2.31. The van der Waals surface area contributed by atoms with Gasteiger partial charge in [0.2, 0.25) is 0 Å². The minimum absolute atomic E-state index is 0.530. The van der Waals surface area contributed by atoms with Crippen molar-refractivity contribution in [1.82, 2.24) is 0 Å². The second-order valence-corrected chi connectivity index (χ2v) is 16.7. The van der Waals surface area contributed by atoms with Crippen LogP contribution in [-0.4, -0.2) is 20.0 Å². The molecule has 2 N–H and O–H groups in total. The SMILES string of the molecule is C=C=NC.CN.I[I-]I. The monoisotopic (exact) mass is 467 g/mol. The predicted molar refractivity (Wildman–Crippen MR) is 57.1 cm³/mol. The van der Waals surface area contributed by atoms with Crippen molar-refractivity contribution in [2.75, 3.05) is 14.1 Å². The molecule has 0 unspecified atom stereocenters. The van der Waals surface area contributed by atoms with Crippen molar-refractivity contribution in [3.05, 3.63) is 6.58 Å². The van der Waals surface area contributed by atoms with Gasteiger partial charge in [-0.25, -0.2) is 4.99 Å². The van der Waals surface area contributed by atoms with Crippen molar-refractivity contribution in [3.8, 4) is 0 Å². The third kappa shape index (κ3) is 82.0. The van der Waals surface area contributed by atoms with E-state index in [2.05, 4.69) is 60.4 Å². The van der Waals surface area contributed by atoms with Gasteiger partial charge in [-0.15, -0.1) is 0 Å². The Kier molecular flexibility index (Phi) is 63.1. The van der Waals surface area contributed by atoms with Crippen LogP contribution in [0, 0.1) is 0 Å². The zero-order valence-electron chi connectivity index (χ0n) is 5.37. The molecule has 0 saturated carbocycles. The fourth-order valence-corrected chi connectivity index (χ4v) is 0. The molecule has 0 fully saturated rings. The van der Waals surface area contributed by atoms with Gasteiger partial charge in [0.25, 0.3) is 0 Å². The Bertz CT molecular complexity index is 60.8. The Morgan fingerprint density at radius 1 is 1.56 bits per heavy atom. The summed E-state index contributed by atoms with van der Waals surface area (Å²) in [6.07, 6.45) is 0. The van der Waals surface area contributed by atoms with Gasteiger partial charge < -0.3 is 5.73 Å². The molecule has 58 valence electrons. The third-order valence-electron chi connectivity index (χ3n) is 0.158. The van der Waals surface area contributed by atoms with E-state index < -0.39 is 0 Å². The summed E-state index contributed by atoms with van der Waals surface area (Å²) in [6.45, 7) is 3.19. The Labute approximate surface area is 86.4 Å². The van der Waals surface area contributed by atoms with Crippen LogP contribution in [0.1, 0.15) is 0 Å². The summed E-state index contributed by atoms with van der Waals surface area (Å²) in [5, 5.41) is 0. The molecule has 9 heavy (non-hydrogen) atoms. The van der Waals surface area contributed by atoms with E-state index in [-0.39, 0.29) is 0 Å². The van der Waals surface area contributed by atoms with Crippen LogP contribution < -0.4 is 19.0 Å². The van der Waals surface area contributed by atoms with Crippen molar-refractivity contribution < 1.29 is 13.3 Å². The second-order valence-electron chi connectivity index (χ2n) is 0.436. The van der Waals surface area contributed by atoms with E-state index in [0.717, 1.165) is 0 Å². The normalized spacial score (nSPS) is 5.00. The molecule has 0 aromatic heterocycles. The molecule has 2 nitrogen and oxygen atoms in total. The number of halogens is 3. The fourth-order valence-electron chi connectivity index (χ4n) is 0. The van der Waals surface area contributed by atoms with Crippen LogP contribution in [0.15, 0.2) is 11.6 Å². The van der Waals surface area contributed by atoms with Crippen LogP contribution in [0.5, 0.6) is 0 Å². The molecule has 0 heterocycles. The Morgan fingerprint density at radius 2 is 1.67 bits per heavy atom. The van der Waals surface area contributed by atoms with Gasteiger partial charge in [0.15, 0.2) is 0 Å². The zero-order valence-corrected chi connectivity index (χ0v) is 11.8. The molecule has 0 aromatic carbocycles. The Balaban J connectivity index is -0.0000000646. The first kappa shape index (κ1) is 16.9. The van der Waals surface area contributed by atoms with E-state index in [1.807, 2.05) is 0 Å². The summed E-state index contributed by atoms with van der Waals surface area (Å²) in [4.78, 5) is 3.38. The van der Waals surface area contributed by atoms with Gasteiger partial charge in [-0.1, -0.05) is 0 Å². The van der Waals surface area contributed by atoms with Gasteiger partial charge in [-0.3, -0.25) is 0 Å². The number of hydrogen-bond acceptors (Lipinski definition) is 2. The number of nitrogens with two attached hydrogens (primary N) is 1. The summed E-state index contributed by atoms with van der Waals surface area (Å²) in [7, 11) is 3.13. The van der Waals surface area contributed by atoms with E-state index in [9.17, 15) is 0 Å². The van der Waals surface area contributed by atoms with Crippen molar-refractivity contribution in [1.29, 1.82) is 0 Å². The molecule has 0 radical (unpaired) electrons. The zero-order chi connectivity index (χ0) is 8.12. The molecule has 0 rings (SSSR count). The summed E-state index contributed by atoms with van der Waals surface area (Å²) < 4.78 is 0. The summed E-state index contributed by atoms with van der Waals surface area (Å²) in [5.41, 5.74) is 4.50. The van der Waals surface area contributed by atoms with E-state index in [4.69, 9.17) is 0 Å². The first-order valence-electron chi connectivity index (χ1n) is 1.89. The van der Waals surface area contributed by atoms with Crippen LogP contribution in [0.3, 0.4) is 0 Å². The van der Waals surface area contributed by atoms with Gasteiger partial charge >= 0.3 is 50.5 Å². The minimum atomic E-state index is 0.530. The van der Waals surface area contributed by atoms with Gasteiger partial charge in [0, 0.05) is 7.05 Å². The number of rotatable bonds is 0. The first-order valence-corrected chi connectivity index (χ1v) is 14.5. The molecule has 0 aliphatic carbocycles. The molecule has 0 bridgehead atoms. The third-order valence-corrected chi connectivity index (χ3v) is 0.158. The first-order chi connectivity index (χ1) is 4.33. The average Bonchev–Trinajstić information content (AvgIpc) is 1.94. The van der Waals surface area contributed by atoms with Gasteiger partial charge in [0.05, 0.1) is 0 Å². The Morgan fingerprint density at radius 3 is 1.67 bits per heavy atom. The molecule has 0 aromatic rings. The maximum absolute atomic E-state index is 4.50. The van der Waals surface area contributed by atoms with Crippen LogP contribution >= 0.6 is 37.2 Å². The number of nitrogens with zero attached hydrogens (tertiary/aromatic N) is 1. The number of aliphatic imine (C=N–C) groups is 1. The molecular weight excluding hydrogens is 457 g/mol. The van der Waals surface area contributed by atoms with E-state index in [0.29, 0.717) is 13.3 Å². The van der Waals surface area contributed by atoms with Gasteiger partial charge in [-0.2, -0.15) is 0 Å². The van der Waals surface area contributed by atoms with Crippen molar-refractivity contribution in [3.63, 3.8) is 0 Å². The quantitative estimate of drug-likeness (QED) is 0.354. The Hall–Kier alpha value is 1.60. The van der Waals surface area contributed by atoms with E-state index >= 15 is 0 Å². The van der Waals surface area contributed by atoms with Crippen LogP contribution in [0.2, 0.25) is 0 Å². The second kappa shape index (κ2) is 33.6. The molecule has 0 spiro atoms.